The first kappa shape index (κ1) is 17.6. The molecular weight excluding hydrogens is 328 g/mol. The normalized spacial score (nSPS) is 19.3. The number of benzene rings is 2. The molecule has 2 aromatic carbocycles. The summed E-state index contributed by atoms with van der Waals surface area (Å²) in [4.78, 5) is 25.6. The Morgan fingerprint density at radius 1 is 1.04 bits per heavy atom. The lowest BCUT2D eigenvalue weighted by Gasteiger charge is -2.33. The number of imide groups is 1. The van der Waals surface area contributed by atoms with Gasteiger partial charge in [0.1, 0.15) is 0 Å². The van der Waals surface area contributed by atoms with Gasteiger partial charge in [-0.15, -0.1) is 0 Å². The van der Waals surface area contributed by atoms with Gasteiger partial charge in [0.25, 0.3) is 5.91 Å². The molecule has 1 fully saturated rings. The Morgan fingerprint density at radius 3 is 2.35 bits per heavy atom. The van der Waals surface area contributed by atoms with E-state index in [4.69, 9.17) is 0 Å². The molecule has 1 aliphatic rings. The lowest BCUT2D eigenvalue weighted by molar-refractivity contribution is -0.118. The SMILES string of the molecule is Cc1cc(C)cc(N2C(=O)NC(=O)/C(=C\C=C\c3ccccc3)C2O)c1. The van der Waals surface area contributed by atoms with E-state index < -0.39 is 18.2 Å². The molecule has 0 bridgehead atoms. The van der Waals surface area contributed by atoms with E-state index in [0.29, 0.717) is 5.69 Å². The Bertz CT molecular complexity index is 880. The van der Waals surface area contributed by atoms with Crippen LogP contribution < -0.4 is 10.2 Å². The number of aliphatic hydroxyl groups excluding tert-OH is 1. The van der Waals surface area contributed by atoms with Gasteiger partial charge >= 0.3 is 6.03 Å². The van der Waals surface area contributed by atoms with E-state index in [1.165, 1.54) is 11.0 Å². The first-order chi connectivity index (χ1) is 12.5. The number of allylic oxidation sites excluding steroid dienone is 2. The predicted octanol–water partition coefficient (Wildman–Crippen LogP) is 3.32. The van der Waals surface area contributed by atoms with E-state index in [1.807, 2.05) is 56.3 Å². The molecule has 132 valence electrons. The Balaban J connectivity index is 1.91. The van der Waals surface area contributed by atoms with Gasteiger partial charge in [-0.05, 0) is 48.7 Å². The van der Waals surface area contributed by atoms with E-state index in [0.717, 1.165) is 16.7 Å². The van der Waals surface area contributed by atoms with Crippen molar-refractivity contribution in [3.8, 4) is 0 Å². The number of hydrogen-bond acceptors (Lipinski definition) is 3. The van der Waals surface area contributed by atoms with E-state index >= 15 is 0 Å². The number of carbonyl (C=O) groups is 2. The molecule has 1 unspecified atom stereocenters. The quantitative estimate of drug-likeness (QED) is 0.836. The molecule has 0 radical (unpaired) electrons. The molecule has 0 spiro atoms. The van der Waals surface area contributed by atoms with Crippen molar-refractivity contribution in [2.24, 2.45) is 0 Å². The summed E-state index contributed by atoms with van der Waals surface area (Å²) >= 11 is 0. The Kier molecular flexibility index (Phi) is 5.00. The minimum Gasteiger partial charge on any atom is -0.369 e. The third-order valence-corrected chi connectivity index (χ3v) is 4.07. The molecule has 5 nitrogen and oxygen atoms in total. The zero-order valence-corrected chi connectivity index (χ0v) is 14.6. The zero-order valence-electron chi connectivity index (χ0n) is 14.6. The molecule has 1 saturated heterocycles. The lowest BCUT2D eigenvalue weighted by atomic mass is 10.1. The number of aliphatic hydroxyl groups is 1. The molecule has 1 heterocycles. The van der Waals surface area contributed by atoms with Gasteiger partial charge in [0, 0.05) is 5.69 Å². The monoisotopic (exact) mass is 348 g/mol. The zero-order chi connectivity index (χ0) is 18.7. The van der Waals surface area contributed by atoms with E-state index in [-0.39, 0.29) is 5.57 Å². The average Bonchev–Trinajstić information content (AvgIpc) is 2.57. The van der Waals surface area contributed by atoms with Gasteiger partial charge in [-0.25, -0.2) is 4.79 Å². The first-order valence-electron chi connectivity index (χ1n) is 8.30. The van der Waals surface area contributed by atoms with Crippen LogP contribution in [0.2, 0.25) is 0 Å². The lowest BCUT2D eigenvalue weighted by Crippen LogP contribution is -2.56. The second-order valence-corrected chi connectivity index (χ2v) is 6.24. The van der Waals surface area contributed by atoms with Crippen molar-refractivity contribution >= 4 is 23.7 Å². The van der Waals surface area contributed by atoms with Crippen LogP contribution in [0.5, 0.6) is 0 Å². The van der Waals surface area contributed by atoms with Crippen LogP contribution in [0.15, 0.2) is 66.3 Å². The maximum atomic E-state index is 12.3. The highest BCUT2D eigenvalue weighted by molar-refractivity contribution is 6.13. The highest BCUT2D eigenvalue weighted by atomic mass is 16.3. The topological polar surface area (TPSA) is 69.6 Å². The Hall–Kier alpha value is -3.18. The maximum Gasteiger partial charge on any atom is 0.331 e. The highest BCUT2D eigenvalue weighted by Gasteiger charge is 2.36. The van der Waals surface area contributed by atoms with E-state index in [9.17, 15) is 14.7 Å². The third-order valence-electron chi connectivity index (χ3n) is 4.07. The molecule has 3 amide bonds. The summed E-state index contributed by atoms with van der Waals surface area (Å²) in [6, 6.07) is 14.5. The van der Waals surface area contributed by atoms with Crippen LogP contribution >= 0.6 is 0 Å². The third kappa shape index (κ3) is 3.73. The maximum absolute atomic E-state index is 12.3. The van der Waals surface area contributed by atoms with Crippen molar-refractivity contribution in [2.45, 2.75) is 20.1 Å². The van der Waals surface area contributed by atoms with Crippen LogP contribution in [-0.4, -0.2) is 23.3 Å². The van der Waals surface area contributed by atoms with E-state index in [1.54, 1.807) is 18.2 Å². The number of rotatable bonds is 3. The predicted molar refractivity (Wildman–Crippen MR) is 101 cm³/mol. The molecule has 26 heavy (non-hydrogen) atoms. The second-order valence-electron chi connectivity index (χ2n) is 6.24. The van der Waals surface area contributed by atoms with Gasteiger partial charge in [0.05, 0.1) is 5.57 Å². The fraction of sp³-hybridized carbons (Fsp3) is 0.143. The van der Waals surface area contributed by atoms with Gasteiger partial charge in [0.2, 0.25) is 0 Å². The molecule has 0 saturated carbocycles. The molecule has 2 N–H and O–H groups in total. The molecule has 1 aliphatic heterocycles. The summed E-state index contributed by atoms with van der Waals surface area (Å²) in [6.45, 7) is 3.82. The summed E-state index contributed by atoms with van der Waals surface area (Å²) < 4.78 is 0. The van der Waals surface area contributed by atoms with Crippen LogP contribution in [0, 0.1) is 13.8 Å². The number of carbonyl (C=O) groups excluding carboxylic acids is 2. The van der Waals surface area contributed by atoms with Crippen molar-refractivity contribution in [1.82, 2.24) is 5.32 Å². The largest absolute Gasteiger partial charge is 0.369 e. The smallest absolute Gasteiger partial charge is 0.331 e. The van der Waals surface area contributed by atoms with Gasteiger partial charge in [-0.3, -0.25) is 15.0 Å². The van der Waals surface area contributed by atoms with Crippen LogP contribution in [-0.2, 0) is 4.79 Å². The minimum atomic E-state index is -1.35. The summed E-state index contributed by atoms with van der Waals surface area (Å²) in [6.07, 6.45) is 3.68. The molecule has 1 atom stereocenters. The van der Waals surface area contributed by atoms with Gasteiger partial charge < -0.3 is 5.11 Å². The Morgan fingerprint density at radius 2 is 1.69 bits per heavy atom. The summed E-state index contributed by atoms with van der Waals surface area (Å²) in [7, 11) is 0. The van der Waals surface area contributed by atoms with Crippen molar-refractivity contribution in [3.05, 3.63) is 82.9 Å². The highest BCUT2D eigenvalue weighted by Crippen LogP contribution is 2.25. The minimum absolute atomic E-state index is 0.107. The molecule has 0 aromatic heterocycles. The van der Waals surface area contributed by atoms with Crippen molar-refractivity contribution < 1.29 is 14.7 Å². The van der Waals surface area contributed by atoms with Gasteiger partial charge in [-0.1, -0.05) is 48.6 Å². The first-order valence-corrected chi connectivity index (χ1v) is 8.30. The fourth-order valence-corrected chi connectivity index (χ4v) is 2.93. The van der Waals surface area contributed by atoms with Crippen LogP contribution in [0.3, 0.4) is 0 Å². The van der Waals surface area contributed by atoms with Gasteiger partial charge in [0.15, 0.2) is 6.23 Å². The Labute approximate surface area is 152 Å². The number of anilines is 1. The molecule has 5 heteroatoms. The van der Waals surface area contributed by atoms with Crippen LogP contribution in [0.25, 0.3) is 6.08 Å². The molecule has 0 aliphatic carbocycles. The average molecular weight is 348 g/mol. The number of aryl methyl sites for hydroxylation is 2. The van der Waals surface area contributed by atoms with Crippen molar-refractivity contribution in [2.75, 3.05) is 4.90 Å². The molecule has 2 aromatic rings. The van der Waals surface area contributed by atoms with Crippen LogP contribution in [0.4, 0.5) is 10.5 Å². The molecular formula is C21H20N2O3. The van der Waals surface area contributed by atoms with Crippen molar-refractivity contribution in [1.29, 1.82) is 0 Å². The van der Waals surface area contributed by atoms with Crippen molar-refractivity contribution in [3.63, 3.8) is 0 Å². The number of urea groups is 1. The number of nitrogens with one attached hydrogen (secondary N) is 1. The van der Waals surface area contributed by atoms with E-state index in [2.05, 4.69) is 5.32 Å². The second kappa shape index (κ2) is 7.37. The fourth-order valence-electron chi connectivity index (χ4n) is 2.93. The number of hydrogen-bond donors (Lipinski definition) is 2. The summed E-state index contributed by atoms with van der Waals surface area (Å²) in [5.74, 6) is -0.596. The standard InChI is InChI=1S/C21H20N2O3/c1-14-11-15(2)13-17(12-14)23-20(25)18(19(24)22-21(23)26)10-6-9-16-7-4-3-5-8-16/h3-13,20,25H,1-2H3,(H,22,24,26)/b9-6+,18-10+. The summed E-state index contributed by atoms with van der Waals surface area (Å²) in [5.41, 5.74) is 3.55. The molecule has 3 rings (SSSR count). The summed E-state index contributed by atoms with van der Waals surface area (Å²) in [5, 5.41) is 12.9. The number of amides is 3. The number of nitrogens with zero attached hydrogens (tertiary/aromatic N) is 1. The van der Waals surface area contributed by atoms with Gasteiger partial charge in [-0.2, -0.15) is 0 Å². The van der Waals surface area contributed by atoms with Crippen LogP contribution in [0.1, 0.15) is 16.7 Å².